The summed E-state index contributed by atoms with van der Waals surface area (Å²) in [6, 6.07) is 0.0847. The van der Waals surface area contributed by atoms with Gasteiger partial charge >= 0.3 is 0 Å². The zero-order chi connectivity index (χ0) is 16.1. The molecule has 1 saturated heterocycles. The summed E-state index contributed by atoms with van der Waals surface area (Å²) in [5.41, 5.74) is 0.00958. The summed E-state index contributed by atoms with van der Waals surface area (Å²) in [6.07, 6.45) is 0. The predicted molar refractivity (Wildman–Crippen MR) is 90.7 cm³/mol. The van der Waals surface area contributed by atoms with E-state index in [1.54, 1.807) is 25.8 Å². The summed E-state index contributed by atoms with van der Waals surface area (Å²) in [5.74, 6) is 1.83. The molecule has 0 amide bonds. The zero-order valence-corrected chi connectivity index (χ0v) is 15.5. The Bertz CT molecular complexity index is 407. The summed E-state index contributed by atoms with van der Waals surface area (Å²) in [7, 11) is -1.39. The second-order valence-corrected chi connectivity index (χ2v) is 10.1. The van der Waals surface area contributed by atoms with Gasteiger partial charge in [-0.3, -0.25) is 4.90 Å². The number of nitrogens with one attached hydrogen (secondary N) is 1. The first kappa shape index (κ1) is 19.2. The van der Waals surface area contributed by atoms with E-state index < -0.39 is 9.84 Å². The lowest BCUT2D eigenvalue weighted by molar-refractivity contribution is 0.0827. The maximum absolute atomic E-state index is 12.4. The van der Waals surface area contributed by atoms with Crippen molar-refractivity contribution in [3.63, 3.8) is 0 Å². The van der Waals surface area contributed by atoms with Gasteiger partial charge in [-0.25, -0.2) is 8.42 Å². The van der Waals surface area contributed by atoms with Crippen LogP contribution in [-0.2, 0) is 14.6 Å². The maximum atomic E-state index is 12.4. The highest BCUT2D eigenvalue weighted by Crippen LogP contribution is 2.23. The predicted octanol–water partition coefficient (Wildman–Crippen LogP) is 1.20. The SMILES string of the molecule is CCS(=O)(=O)C1CSCCN1C(CNC(C)(C)C)COC. The van der Waals surface area contributed by atoms with Crippen LogP contribution in [0.4, 0.5) is 0 Å². The first-order valence-electron chi connectivity index (χ1n) is 7.50. The van der Waals surface area contributed by atoms with Crippen molar-refractivity contribution in [2.75, 3.05) is 44.1 Å². The fourth-order valence-electron chi connectivity index (χ4n) is 2.40. The smallest absolute Gasteiger partial charge is 0.166 e. The third-order valence-corrected chi connectivity index (χ3v) is 6.94. The number of hydrogen-bond acceptors (Lipinski definition) is 6. The minimum absolute atomic E-state index is 0.00958. The van der Waals surface area contributed by atoms with Crippen LogP contribution in [0.5, 0.6) is 0 Å². The largest absolute Gasteiger partial charge is 0.383 e. The fourth-order valence-corrected chi connectivity index (χ4v) is 5.49. The van der Waals surface area contributed by atoms with Crippen molar-refractivity contribution in [2.45, 2.75) is 44.6 Å². The number of sulfone groups is 1. The molecule has 7 heteroatoms. The molecule has 1 aliphatic heterocycles. The van der Waals surface area contributed by atoms with Crippen LogP contribution in [0.25, 0.3) is 0 Å². The Morgan fingerprint density at radius 1 is 1.43 bits per heavy atom. The van der Waals surface area contributed by atoms with Gasteiger partial charge in [0.2, 0.25) is 0 Å². The van der Waals surface area contributed by atoms with E-state index in [0.717, 1.165) is 18.8 Å². The highest BCUT2D eigenvalue weighted by Gasteiger charge is 2.37. The Morgan fingerprint density at radius 3 is 2.62 bits per heavy atom. The molecule has 2 unspecified atom stereocenters. The van der Waals surface area contributed by atoms with E-state index in [-0.39, 0.29) is 22.7 Å². The molecule has 1 heterocycles. The molecule has 1 fully saturated rings. The molecule has 0 bridgehead atoms. The summed E-state index contributed by atoms with van der Waals surface area (Å²) < 4.78 is 30.1. The van der Waals surface area contributed by atoms with Crippen molar-refractivity contribution >= 4 is 21.6 Å². The molecule has 0 saturated carbocycles. The van der Waals surface area contributed by atoms with Crippen LogP contribution in [-0.4, -0.2) is 74.3 Å². The molecular weight excluding hydrogens is 308 g/mol. The maximum Gasteiger partial charge on any atom is 0.166 e. The number of nitrogens with zero attached hydrogens (tertiary/aromatic N) is 1. The number of thioether (sulfide) groups is 1. The Kier molecular flexibility index (Phi) is 7.46. The van der Waals surface area contributed by atoms with E-state index in [1.165, 1.54) is 0 Å². The minimum Gasteiger partial charge on any atom is -0.383 e. The molecule has 1 rings (SSSR count). The van der Waals surface area contributed by atoms with Gasteiger partial charge in [-0.15, -0.1) is 0 Å². The second-order valence-electron chi connectivity index (χ2n) is 6.46. The average Bonchev–Trinajstić information content (AvgIpc) is 2.42. The van der Waals surface area contributed by atoms with Gasteiger partial charge in [0.15, 0.2) is 9.84 Å². The summed E-state index contributed by atoms with van der Waals surface area (Å²) in [6.45, 7) is 10.1. The standard InChI is InChI=1S/C14H30N2O3S2/c1-6-21(17,18)13-11-20-8-7-16(13)12(10-19-5)9-15-14(2,3)4/h12-13,15H,6-11H2,1-5H3. The molecule has 0 aromatic rings. The minimum atomic E-state index is -3.07. The average molecular weight is 339 g/mol. The van der Waals surface area contributed by atoms with Gasteiger partial charge in [-0.1, -0.05) is 6.92 Å². The van der Waals surface area contributed by atoms with Gasteiger partial charge < -0.3 is 10.1 Å². The molecule has 5 nitrogen and oxygen atoms in total. The lowest BCUT2D eigenvalue weighted by Crippen LogP contribution is -2.58. The Morgan fingerprint density at radius 2 is 2.10 bits per heavy atom. The summed E-state index contributed by atoms with van der Waals surface area (Å²) in [4.78, 5) is 2.12. The number of methoxy groups -OCH3 is 1. The topological polar surface area (TPSA) is 58.6 Å². The van der Waals surface area contributed by atoms with E-state index in [1.807, 2.05) is 0 Å². The quantitative estimate of drug-likeness (QED) is 0.753. The van der Waals surface area contributed by atoms with Crippen molar-refractivity contribution in [3.05, 3.63) is 0 Å². The van der Waals surface area contributed by atoms with Gasteiger partial charge in [-0.05, 0) is 20.8 Å². The highest BCUT2D eigenvalue weighted by atomic mass is 32.2. The van der Waals surface area contributed by atoms with Crippen molar-refractivity contribution in [1.82, 2.24) is 10.2 Å². The Labute approximate surface area is 134 Å². The molecule has 2 atom stereocenters. The first-order chi connectivity index (χ1) is 9.71. The summed E-state index contributed by atoms with van der Waals surface area (Å²) >= 11 is 1.73. The number of rotatable bonds is 7. The lowest BCUT2D eigenvalue weighted by Gasteiger charge is -2.41. The van der Waals surface area contributed by atoms with Crippen LogP contribution >= 0.6 is 11.8 Å². The fraction of sp³-hybridized carbons (Fsp3) is 1.00. The van der Waals surface area contributed by atoms with E-state index in [9.17, 15) is 8.42 Å². The molecule has 0 aromatic heterocycles. The molecular formula is C14H30N2O3S2. The first-order valence-corrected chi connectivity index (χ1v) is 10.4. The van der Waals surface area contributed by atoms with Crippen LogP contribution < -0.4 is 5.32 Å². The van der Waals surface area contributed by atoms with Crippen LogP contribution in [0.3, 0.4) is 0 Å². The van der Waals surface area contributed by atoms with Crippen LogP contribution in [0.1, 0.15) is 27.7 Å². The van der Waals surface area contributed by atoms with Crippen molar-refractivity contribution in [3.8, 4) is 0 Å². The van der Waals surface area contributed by atoms with E-state index in [4.69, 9.17) is 4.74 Å². The van der Waals surface area contributed by atoms with Crippen molar-refractivity contribution < 1.29 is 13.2 Å². The summed E-state index contributed by atoms with van der Waals surface area (Å²) in [5, 5.41) is 3.08. The molecule has 1 N–H and O–H groups in total. The molecule has 21 heavy (non-hydrogen) atoms. The molecule has 0 radical (unpaired) electrons. The molecule has 1 aliphatic rings. The van der Waals surface area contributed by atoms with Crippen LogP contribution in [0.2, 0.25) is 0 Å². The number of hydrogen-bond donors (Lipinski definition) is 1. The third-order valence-electron chi connectivity index (χ3n) is 3.64. The molecule has 0 aliphatic carbocycles. The van der Waals surface area contributed by atoms with Crippen LogP contribution in [0, 0.1) is 0 Å². The lowest BCUT2D eigenvalue weighted by atomic mass is 10.1. The van der Waals surface area contributed by atoms with Crippen molar-refractivity contribution in [2.24, 2.45) is 0 Å². The second kappa shape index (κ2) is 8.15. The third kappa shape index (κ3) is 6.06. The van der Waals surface area contributed by atoms with Gasteiger partial charge in [-0.2, -0.15) is 11.8 Å². The zero-order valence-electron chi connectivity index (χ0n) is 13.9. The van der Waals surface area contributed by atoms with E-state index >= 15 is 0 Å². The molecule has 126 valence electrons. The van der Waals surface area contributed by atoms with Gasteiger partial charge in [0.25, 0.3) is 0 Å². The Balaban J connectivity index is 2.86. The molecule has 0 aromatic carbocycles. The van der Waals surface area contributed by atoms with E-state index in [0.29, 0.717) is 12.4 Å². The number of ether oxygens (including phenoxy) is 1. The molecule has 0 spiro atoms. The Hall–Kier alpha value is 0.180. The monoisotopic (exact) mass is 338 g/mol. The van der Waals surface area contributed by atoms with E-state index in [2.05, 4.69) is 31.0 Å². The highest BCUT2D eigenvalue weighted by molar-refractivity contribution is 8.01. The normalized spacial score (nSPS) is 23.2. The van der Waals surface area contributed by atoms with Crippen LogP contribution in [0.15, 0.2) is 0 Å². The van der Waals surface area contributed by atoms with Crippen molar-refractivity contribution in [1.29, 1.82) is 0 Å². The van der Waals surface area contributed by atoms with Gasteiger partial charge in [0, 0.05) is 49.0 Å². The van der Waals surface area contributed by atoms with Gasteiger partial charge in [0.1, 0.15) is 5.37 Å². The van der Waals surface area contributed by atoms with Gasteiger partial charge in [0.05, 0.1) is 6.61 Å².